The van der Waals surface area contributed by atoms with Gasteiger partial charge in [-0.3, -0.25) is 5.11 Å². The van der Waals surface area contributed by atoms with Crippen LogP contribution >= 0.6 is 0 Å². The van der Waals surface area contributed by atoms with E-state index in [1.807, 2.05) is 0 Å². The summed E-state index contributed by atoms with van der Waals surface area (Å²) in [6.45, 7) is 0. The van der Waals surface area contributed by atoms with Crippen LogP contribution in [0.5, 0.6) is 5.75 Å². The first kappa shape index (κ1) is 9.76. The summed E-state index contributed by atoms with van der Waals surface area (Å²) in [7, 11) is 0. The molecule has 15 heavy (non-hydrogen) atoms. The highest BCUT2D eigenvalue weighted by atomic mass is 19.4. The predicted molar refractivity (Wildman–Crippen MR) is 46.9 cm³/mol. The molecule has 0 aliphatic heterocycles. The normalized spacial score (nSPS) is 11.9. The largest absolute Gasteiger partial charge is 0.433 e. The van der Waals surface area contributed by atoms with Crippen LogP contribution in [-0.2, 0) is 11.3 Å². The van der Waals surface area contributed by atoms with E-state index in [-0.39, 0.29) is 10.9 Å². The summed E-state index contributed by atoms with van der Waals surface area (Å²) in [5, 5.41) is 11.5. The summed E-state index contributed by atoms with van der Waals surface area (Å²) in [6.07, 6.45) is -4.58. The van der Waals surface area contributed by atoms with Gasteiger partial charge in [0.2, 0.25) is 0 Å². The van der Waals surface area contributed by atoms with Crippen LogP contribution in [0.25, 0.3) is 10.9 Å². The number of rotatable bonds is 0. The molecular formula is C10H5F3NO. The van der Waals surface area contributed by atoms with E-state index in [0.717, 1.165) is 0 Å². The maximum absolute atomic E-state index is 12.3. The summed E-state index contributed by atoms with van der Waals surface area (Å²) < 4.78 is 36.9. The highest BCUT2D eigenvalue weighted by Gasteiger charge is 2.33. The van der Waals surface area contributed by atoms with Gasteiger partial charge >= 0.3 is 6.18 Å². The summed E-state index contributed by atoms with van der Waals surface area (Å²) in [6, 6.07) is 6.47. The van der Waals surface area contributed by atoms with Crippen molar-refractivity contribution in [2.24, 2.45) is 0 Å². The third-order valence-electron chi connectivity index (χ3n) is 1.97. The molecule has 0 aliphatic rings. The van der Waals surface area contributed by atoms with E-state index < -0.39 is 17.6 Å². The van der Waals surface area contributed by atoms with Crippen molar-refractivity contribution in [3.8, 4) is 5.75 Å². The van der Waals surface area contributed by atoms with Crippen molar-refractivity contribution in [1.29, 1.82) is 0 Å². The molecule has 2 aromatic rings. The second kappa shape index (κ2) is 3.12. The van der Waals surface area contributed by atoms with Crippen molar-refractivity contribution >= 4 is 10.9 Å². The molecule has 2 nitrogen and oxygen atoms in total. The van der Waals surface area contributed by atoms with Gasteiger partial charge in [0.05, 0.1) is 5.52 Å². The maximum atomic E-state index is 12.3. The minimum Gasteiger partial charge on any atom is -0.289 e. The molecule has 0 amide bonds. The summed E-state index contributed by atoms with van der Waals surface area (Å²) in [5.74, 6) is -0.659. The minimum absolute atomic E-state index is 0.0670. The lowest BCUT2D eigenvalue weighted by atomic mass is 10.2. The number of hydrogen-bond acceptors (Lipinski definition) is 1. The van der Waals surface area contributed by atoms with Crippen LogP contribution in [0, 0.1) is 0 Å². The summed E-state index contributed by atoms with van der Waals surface area (Å²) in [5.41, 5.74) is -1.08. The lowest BCUT2D eigenvalue weighted by Crippen LogP contribution is -2.07. The van der Waals surface area contributed by atoms with Gasteiger partial charge < -0.3 is 0 Å². The Hall–Kier alpha value is -1.78. The second-order valence-corrected chi connectivity index (χ2v) is 3.02. The maximum Gasteiger partial charge on any atom is 0.433 e. The van der Waals surface area contributed by atoms with E-state index in [1.165, 1.54) is 18.2 Å². The molecule has 0 unspecified atom stereocenters. The fourth-order valence-electron chi connectivity index (χ4n) is 1.29. The number of pyridine rings is 1. The van der Waals surface area contributed by atoms with Crippen molar-refractivity contribution in [3.05, 3.63) is 36.0 Å². The molecule has 0 saturated heterocycles. The molecule has 0 aliphatic carbocycles. The van der Waals surface area contributed by atoms with Crippen molar-refractivity contribution in [2.75, 3.05) is 0 Å². The first-order valence-corrected chi connectivity index (χ1v) is 4.12. The van der Waals surface area contributed by atoms with Crippen LogP contribution in [0.2, 0.25) is 0 Å². The molecule has 0 bridgehead atoms. The van der Waals surface area contributed by atoms with E-state index in [1.54, 1.807) is 6.07 Å². The van der Waals surface area contributed by atoms with E-state index in [2.05, 4.69) is 4.98 Å². The van der Waals surface area contributed by atoms with Crippen molar-refractivity contribution in [1.82, 2.24) is 4.98 Å². The SMILES string of the molecule is [O]c1cc(C(F)(F)F)nc2ccccc12. The van der Waals surface area contributed by atoms with Gasteiger partial charge in [-0.2, -0.15) is 13.2 Å². The van der Waals surface area contributed by atoms with Crippen molar-refractivity contribution in [2.45, 2.75) is 6.18 Å². The number of aromatic nitrogens is 1. The number of para-hydroxylation sites is 1. The fourth-order valence-corrected chi connectivity index (χ4v) is 1.29. The summed E-state index contributed by atoms with van der Waals surface area (Å²) >= 11 is 0. The molecule has 0 spiro atoms. The van der Waals surface area contributed by atoms with Gasteiger partial charge in [-0.05, 0) is 12.1 Å². The van der Waals surface area contributed by atoms with Gasteiger partial charge in [0.15, 0.2) is 5.75 Å². The molecule has 0 atom stereocenters. The standard InChI is InChI=1S/C10H5F3NO/c11-10(12,13)9-5-8(15)6-3-1-2-4-7(6)14-9/h1-5H. The molecule has 0 fully saturated rings. The highest BCUT2D eigenvalue weighted by molar-refractivity contribution is 5.84. The lowest BCUT2D eigenvalue weighted by Gasteiger charge is -2.06. The Labute approximate surface area is 83.0 Å². The number of fused-ring (bicyclic) bond motifs is 1. The average Bonchev–Trinajstić information content (AvgIpc) is 2.16. The van der Waals surface area contributed by atoms with Gasteiger partial charge in [0.1, 0.15) is 5.69 Å². The zero-order valence-electron chi connectivity index (χ0n) is 7.38. The Morgan fingerprint density at radius 3 is 2.47 bits per heavy atom. The molecular weight excluding hydrogens is 207 g/mol. The smallest absolute Gasteiger partial charge is 0.289 e. The zero-order chi connectivity index (χ0) is 11.1. The van der Waals surface area contributed by atoms with Crippen LogP contribution in [0.1, 0.15) is 5.69 Å². The van der Waals surface area contributed by atoms with Gasteiger partial charge in [0, 0.05) is 11.5 Å². The highest BCUT2D eigenvalue weighted by Crippen LogP contribution is 2.33. The molecule has 1 radical (unpaired) electrons. The molecule has 0 N–H and O–H groups in total. The molecule has 1 heterocycles. The Morgan fingerprint density at radius 1 is 1.13 bits per heavy atom. The van der Waals surface area contributed by atoms with Gasteiger partial charge in [-0.1, -0.05) is 12.1 Å². The average molecular weight is 212 g/mol. The van der Waals surface area contributed by atoms with E-state index >= 15 is 0 Å². The number of hydrogen-bond donors (Lipinski definition) is 0. The number of halogens is 3. The third kappa shape index (κ3) is 1.72. The molecule has 1 aromatic carbocycles. The topological polar surface area (TPSA) is 32.8 Å². The van der Waals surface area contributed by atoms with Crippen LogP contribution in [0.15, 0.2) is 30.3 Å². The zero-order valence-corrected chi connectivity index (χ0v) is 7.38. The second-order valence-electron chi connectivity index (χ2n) is 3.02. The first-order valence-electron chi connectivity index (χ1n) is 4.12. The van der Waals surface area contributed by atoms with Gasteiger partial charge in [-0.15, -0.1) is 0 Å². The summed E-state index contributed by atoms with van der Waals surface area (Å²) in [4.78, 5) is 3.38. The Balaban J connectivity index is 2.73. The molecule has 77 valence electrons. The lowest BCUT2D eigenvalue weighted by molar-refractivity contribution is -0.141. The fraction of sp³-hybridized carbons (Fsp3) is 0.100. The Kier molecular flexibility index (Phi) is 2.03. The Morgan fingerprint density at radius 2 is 1.80 bits per heavy atom. The molecule has 1 aromatic heterocycles. The Bertz CT molecular complexity index is 507. The van der Waals surface area contributed by atoms with Crippen LogP contribution in [-0.4, -0.2) is 4.98 Å². The quantitative estimate of drug-likeness (QED) is 0.658. The number of benzene rings is 1. The van der Waals surface area contributed by atoms with Gasteiger partial charge in [0.25, 0.3) is 0 Å². The first-order chi connectivity index (χ1) is 6.98. The van der Waals surface area contributed by atoms with Gasteiger partial charge in [-0.25, -0.2) is 4.98 Å². The van der Waals surface area contributed by atoms with Crippen LogP contribution < -0.4 is 0 Å². The minimum atomic E-state index is -4.58. The monoisotopic (exact) mass is 212 g/mol. The van der Waals surface area contributed by atoms with E-state index in [4.69, 9.17) is 0 Å². The molecule has 0 saturated carbocycles. The van der Waals surface area contributed by atoms with Crippen molar-refractivity contribution in [3.63, 3.8) is 0 Å². The van der Waals surface area contributed by atoms with E-state index in [0.29, 0.717) is 6.07 Å². The predicted octanol–water partition coefficient (Wildman–Crippen LogP) is 3.40. The van der Waals surface area contributed by atoms with E-state index in [9.17, 15) is 18.3 Å². The number of nitrogens with zero attached hydrogens (tertiary/aromatic N) is 1. The number of alkyl halides is 3. The molecule has 2 rings (SSSR count). The van der Waals surface area contributed by atoms with Crippen LogP contribution in [0.3, 0.4) is 0 Å². The van der Waals surface area contributed by atoms with Crippen molar-refractivity contribution < 1.29 is 18.3 Å². The van der Waals surface area contributed by atoms with Crippen LogP contribution in [0.4, 0.5) is 13.2 Å². The third-order valence-corrected chi connectivity index (χ3v) is 1.97. The molecule has 5 heteroatoms.